The first-order valence-electron chi connectivity index (χ1n) is 8.04. The third-order valence-corrected chi connectivity index (χ3v) is 4.49. The van der Waals surface area contributed by atoms with Gasteiger partial charge in [0, 0.05) is 12.0 Å². The Morgan fingerprint density at radius 2 is 2.17 bits per heavy atom. The third kappa shape index (κ3) is 6.21. The minimum Gasteiger partial charge on any atom is -0.487 e. The lowest BCUT2D eigenvalue weighted by Crippen LogP contribution is -2.41. The lowest BCUT2D eigenvalue weighted by atomic mass is 9.85. The molecule has 3 atom stereocenters. The van der Waals surface area contributed by atoms with Gasteiger partial charge in [0.1, 0.15) is 11.9 Å². The van der Waals surface area contributed by atoms with Crippen LogP contribution in [0.1, 0.15) is 39.0 Å². The number of rotatable bonds is 6. The van der Waals surface area contributed by atoms with Crippen molar-refractivity contribution >= 4 is 29.9 Å². The number of nitrogens with two attached hydrogens (primary N) is 1. The summed E-state index contributed by atoms with van der Waals surface area (Å²) in [5, 5.41) is 3.59. The highest BCUT2D eigenvalue weighted by Crippen LogP contribution is 2.25. The van der Waals surface area contributed by atoms with Crippen LogP contribution in [0.15, 0.2) is 24.3 Å². The Bertz CT molecular complexity index is 499. The molecule has 1 aromatic carbocycles. The molecule has 0 aliphatic heterocycles. The molecule has 4 nitrogen and oxygen atoms in total. The normalized spacial score (nSPS) is 21.9. The fourth-order valence-corrected chi connectivity index (χ4v) is 2.99. The molecule has 0 bridgehead atoms. The van der Waals surface area contributed by atoms with Crippen LogP contribution in [-0.2, 0) is 4.79 Å². The summed E-state index contributed by atoms with van der Waals surface area (Å²) >= 11 is 6.10. The van der Waals surface area contributed by atoms with E-state index in [1.807, 2.05) is 25.1 Å². The Balaban J connectivity index is 0.00000264. The fraction of sp³-hybridized carbons (Fsp3) is 0.588. The number of hydrogen-bond donors (Lipinski definition) is 2. The largest absolute Gasteiger partial charge is 0.487 e. The molecule has 1 saturated carbocycles. The minimum absolute atomic E-state index is 0. The summed E-state index contributed by atoms with van der Waals surface area (Å²) in [4.78, 5) is 12.2. The number of carbonyl (C=O) groups is 1. The van der Waals surface area contributed by atoms with Crippen molar-refractivity contribution in [3.8, 4) is 5.75 Å². The number of para-hydroxylation sites is 1. The van der Waals surface area contributed by atoms with E-state index in [0.29, 0.717) is 17.3 Å². The molecule has 23 heavy (non-hydrogen) atoms. The van der Waals surface area contributed by atoms with Gasteiger partial charge in [-0.1, -0.05) is 37.1 Å². The number of benzene rings is 1. The van der Waals surface area contributed by atoms with Crippen molar-refractivity contribution in [3.63, 3.8) is 0 Å². The van der Waals surface area contributed by atoms with Gasteiger partial charge in [-0.3, -0.25) is 4.79 Å². The Morgan fingerprint density at radius 1 is 1.43 bits per heavy atom. The third-order valence-electron chi connectivity index (χ3n) is 4.18. The first kappa shape index (κ1) is 20.1. The van der Waals surface area contributed by atoms with Gasteiger partial charge in [-0.2, -0.15) is 0 Å². The maximum atomic E-state index is 12.2. The highest BCUT2D eigenvalue weighted by atomic mass is 35.5. The number of halogens is 2. The van der Waals surface area contributed by atoms with Gasteiger partial charge in [-0.05, 0) is 37.8 Å². The van der Waals surface area contributed by atoms with Crippen molar-refractivity contribution in [1.29, 1.82) is 0 Å². The van der Waals surface area contributed by atoms with Crippen molar-refractivity contribution < 1.29 is 9.53 Å². The lowest BCUT2D eigenvalue weighted by molar-refractivity contribution is -0.126. The molecule has 1 aromatic rings. The second-order valence-corrected chi connectivity index (χ2v) is 6.35. The zero-order valence-corrected chi connectivity index (χ0v) is 15.0. The van der Waals surface area contributed by atoms with Crippen LogP contribution >= 0.6 is 24.0 Å². The predicted octanol–water partition coefficient (Wildman–Crippen LogP) is 3.55. The molecule has 0 aromatic heterocycles. The Kier molecular flexibility index (Phi) is 8.74. The molecule has 1 amide bonds. The Hall–Kier alpha value is -0.970. The quantitative estimate of drug-likeness (QED) is 0.814. The number of nitrogens with one attached hydrogen (secondary N) is 1. The van der Waals surface area contributed by atoms with Gasteiger partial charge < -0.3 is 15.8 Å². The van der Waals surface area contributed by atoms with Crippen LogP contribution in [0.4, 0.5) is 0 Å². The molecular formula is C17H26Cl2N2O2. The maximum Gasteiger partial charge on any atom is 0.223 e. The molecule has 0 saturated heterocycles. The van der Waals surface area contributed by atoms with Gasteiger partial charge in [0.15, 0.2) is 0 Å². The second-order valence-electron chi connectivity index (χ2n) is 5.95. The Morgan fingerprint density at radius 3 is 2.83 bits per heavy atom. The van der Waals surface area contributed by atoms with Crippen LogP contribution in [0, 0.1) is 5.92 Å². The number of ether oxygens (including phenoxy) is 1. The zero-order chi connectivity index (χ0) is 15.9. The van der Waals surface area contributed by atoms with Crippen molar-refractivity contribution in [1.82, 2.24) is 5.32 Å². The van der Waals surface area contributed by atoms with E-state index >= 15 is 0 Å². The molecule has 6 heteroatoms. The van der Waals surface area contributed by atoms with Crippen LogP contribution in [0.5, 0.6) is 5.75 Å². The monoisotopic (exact) mass is 360 g/mol. The van der Waals surface area contributed by atoms with Crippen molar-refractivity contribution in [2.45, 2.75) is 51.2 Å². The van der Waals surface area contributed by atoms with E-state index in [4.69, 9.17) is 22.1 Å². The molecular weight excluding hydrogens is 335 g/mol. The summed E-state index contributed by atoms with van der Waals surface area (Å²) in [6, 6.07) is 7.55. The van der Waals surface area contributed by atoms with E-state index in [2.05, 4.69) is 5.32 Å². The summed E-state index contributed by atoms with van der Waals surface area (Å²) < 4.78 is 5.88. The molecule has 3 N–H and O–H groups in total. The van der Waals surface area contributed by atoms with E-state index in [1.54, 1.807) is 6.07 Å². The average molecular weight is 361 g/mol. The van der Waals surface area contributed by atoms with Crippen LogP contribution in [0.25, 0.3) is 0 Å². The molecule has 1 fully saturated rings. The summed E-state index contributed by atoms with van der Waals surface area (Å²) in [6.07, 6.45) is 4.50. The van der Waals surface area contributed by atoms with Crippen LogP contribution in [0.3, 0.4) is 0 Å². The highest BCUT2D eigenvalue weighted by Gasteiger charge is 2.25. The molecule has 3 unspecified atom stereocenters. The van der Waals surface area contributed by atoms with Gasteiger partial charge >= 0.3 is 0 Å². The van der Waals surface area contributed by atoms with E-state index < -0.39 is 0 Å². The number of amides is 1. The van der Waals surface area contributed by atoms with Crippen LogP contribution < -0.4 is 15.8 Å². The topological polar surface area (TPSA) is 64.4 Å². The molecule has 130 valence electrons. The fourth-order valence-electron chi connectivity index (χ4n) is 2.81. The van der Waals surface area contributed by atoms with Gasteiger partial charge in [-0.25, -0.2) is 0 Å². The van der Waals surface area contributed by atoms with Crippen LogP contribution in [0.2, 0.25) is 5.02 Å². The maximum absolute atomic E-state index is 12.2. The highest BCUT2D eigenvalue weighted by molar-refractivity contribution is 6.32. The van der Waals surface area contributed by atoms with Gasteiger partial charge in [0.05, 0.1) is 11.6 Å². The first-order valence-corrected chi connectivity index (χ1v) is 8.42. The Labute approximate surface area is 149 Å². The second kappa shape index (κ2) is 10.0. The van der Waals surface area contributed by atoms with Crippen molar-refractivity contribution in [3.05, 3.63) is 29.3 Å². The van der Waals surface area contributed by atoms with Gasteiger partial charge in [-0.15, -0.1) is 12.4 Å². The van der Waals surface area contributed by atoms with Crippen molar-refractivity contribution in [2.24, 2.45) is 11.7 Å². The molecule has 1 aliphatic rings. The standard InChI is InChI=1S/C17H25ClN2O2.ClH/c1-2-14(22-16-9-4-3-8-15(16)18)11-20-17(21)12-6-5-7-13(19)10-12;/h3-4,8-9,12-14H,2,5-7,10-11,19H2,1H3,(H,20,21);1H. The molecule has 1 aliphatic carbocycles. The van der Waals surface area contributed by atoms with E-state index in [9.17, 15) is 4.79 Å². The smallest absolute Gasteiger partial charge is 0.223 e. The molecule has 0 spiro atoms. The van der Waals surface area contributed by atoms with Gasteiger partial charge in [0.2, 0.25) is 5.91 Å². The predicted molar refractivity (Wildman–Crippen MR) is 96.4 cm³/mol. The minimum atomic E-state index is -0.0823. The first-order chi connectivity index (χ1) is 10.6. The van der Waals surface area contributed by atoms with E-state index in [1.165, 1.54) is 0 Å². The number of hydrogen-bond acceptors (Lipinski definition) is 3. The summed E-state index contributed by atoms with van der Waals surface area (Å²) in [7, 11) is 0. The average Bonchev–Trinajstić information content (AvgIpc) is 2.52. The lowest BCUT2D eigenvalue weighted by Gasteiger charge is -2.26. The molecule has 0 heterocycles. The van der Waals surface area contributed by atoms with Crippen LogP contribution in [-0.4, -0.2) is 24.6 Å². The van der Waals surface area contributed by atoms with Crippen molar-refractivity contribution in [2.75, 3.05) is 6.54 Å². The van der Waals surface area contributed by atoms with E-state index in [-0.39, 0.29) is 36.4 Å². The van der Waals surface area contributed by atoms with Gasteiger partial charge in [0.25, 0.3) is 0 Å². The zero-order valence-electron chi connectivity index (χ0n) is 13.5. The summed E-state index contributed by atoms with van der Waals surface area (Å²) in [6.45, 7) is 2.52. The number of carbonyl (C=O) groups excluding carboxylic acids is 1. The molecule has 2 rings (SSSR count). The molecule has 0 radical (unpaired) electrons. The SMILES string of the molecule is CCC(CNC(=O)C1CCCC(N)C1)Oc1ccccc1Cl.Cl. The summed E-state index contributed by atoms with van der Waals surface area (Å²) in [5.74, 6) is 0.794. The summed E-state index contributed by atoms with van der Waals surface area (Å²) in [5.41, 5.74) is 5.94. The van der Waals surface area contributed by atoms with E-state index in [0.717, 1.165) is 32.1 Å².